The van der Waals surface area contributed by atoms with Crippen LogP contribution in [0.25, 0.3) is 11.4 Å². The number of carbonyl (C=O) groups excluding carboxylic acids is 1. The summed E-state index contributed by atoms with van der Waals surface area (Å²) in [6.45, 7) is -2.12. The van der Waals surface area contributed by atoms with Crippen LogP contribution in [0.2, 0.25) is 5.02 Å². The van der Waals surface area contributed by atoms with E-state index in [0.29, 0.717) is 10.6 Å². The van der Waals surface area contributed by atoms with Crippen molar-refractivity contribution in [3.8, 4) is 17.5 Å². The minimum Gasteiger partial charge on any atom is -0.439 e. The summed E-state index contributed by atoms with van der Waals surface area (Å²) in [5.74, 6) is -0.828. The van der Waals surface area contributed by atoms with Crippen LogP contribution >= 0.6 is 11.6 Å². The molecule has 0 aliphatic heterocycles. The fourth-order valence-electron chi connectivity index (χ4n) is 1.40. The Labute approximate surface area is 127 Å². The number of amides is 1. The van der Waals surface area contributed by atoms with E-state index in [2.05, 4.69) is 10.1 Å². The Kier molecular flexibility index (Phi) is 4.86. The largest absolute Gasteiger partial charge is 0.439 e. The normalized spacial score (nSPS) is 11.3. The maximum Gasteiger partial charge on any atom is 0.418 e. The summed E-state index contributed by atoms with van der Waals surface area (Å²) < 4.78 is 45.2. The first-order chi connectivity index (χ1) is 10.3. The molecule has 10 heteroatoms. The van der Waals surface area contributed by atoms with E-state index in [-0.39, 0.29) is 11.9 Å². The molecule has 0 radical (unpaired) electrons. The third-order valence-electron chi connectivity index (χ3n) is 2.33. The Bertz CT molecular complexity index is 660. The molecule has 0 bridgehead atoms. The minimum atomic E-state index is -4.49. The van der Waals surface area contributed by atoms with Crippen LogP contribution in [-0.2, 0) is 4.79 Å². The predicted molar refractivity (Wildman–Crippen MR) is 69.3 cm³/mol. The quantitative estimate of drug-likeness (QED) is 0.908. The molecule has 6 nitrogen and oxygen atoms in total. The van der Waals surface area contributed by atoms with Gasteiger partial charge < -0.3 is 10.1 Å². The number of hydrogen-bond donors (Lipinski definition) is 1. The van der Waals surface area contributed by atoms with E-state index >= 15 is 0 Å². The van der Waals surface area contributed by atoms with Crippen molar-refractivity contribution in [3.05, 3.63) is 29.3 Å². The number of carbonyl (C=O) groups is 1. The van der Waals surface area contributed by atoms with E-state index in [1.54, 1.807) is 29.6 Å². The molecule has 1 amide bonds. The van der Waals surface area contributed by atoms with Crippen LogP contribution in [0.5, 0.6) is 6.08 Å². The van der Waals surface area contributed by atoms with Gasteiger partial charge in [-0.25, -0.2) is 0 Å². The number of nitrogens with one attached hydrogen (secondary N) is 1. The number of aromatic nitrogens is 2. The van der Waals surface area contributed by atoms with E-state index in [1.807, 2.05) is 0 Å². The van der Waals surface area contributed by atoms with Crippen LogP contribution in [0.1, 0.15) is 0 Å². The number of benzene rings is 1. The molecular formula is C12H9ClF3N3O3. The van der Waals surface area contributed by atoms with Gasteiger partial charge in [0, 0.05) is 5.56 Å². The molecule has 1 aromatic carbocycles. The van der Waals surface area contributed by atoms with Crippen molar-refractivity contribution < 1.29 is 27.2 Å². The van der Waals surface area contributed by atoms with Crippen molar-refractivity contribution in [1.29, 1.82) is 0 Å². The van der Waals surface area contributed by atoms with Gasteiger partial charge in [0.15, 0.2) is 6.61 Å². The van der Waals surface area contributed by atoms with Crippen molar-refractivity contribution in [2.45, 2.75) is 6.18 Å². The number of nitrogens with zero attached hydrogens (tertiary/aromatic N) is 2. The lowest BCUT2D eigenvalue weighted by Gasteiger charge is -2.07. The van der Waals surface area contributed by atoms with E-state index in [9.17, 15) is 18.0 Å². The summed E-state index contributed by atoms with van der Waals surface area (Å²) >= 11 is 5.95. The Morgan fingerprint density at radius 1 is 1.36 bits per heavy atom. The van der Waals surface area contributed by atoms with Gasteiger partial charge in [-0.3, -0.25) is 9.32 Å². The van der Waals surface area contributed by atoms with Gasteiger partial charge in [0.2, 0.25) is 5.82 Å². The SMILES string of the molecule is O=C(COc1nc(-c2ccccc2Cl)no1)NCC(F)(F)F. The number of ether oxygens (including phenoxy) is 1. The molecule has 22 heavy (non-hydrogen) atoms. The van der Waals surface area contributed by atoms with E-state index in [0.717, 1.165) is 0 Å². The second-order valence-corrected chi connectivity index (χ2v) is 4.45. The molecule has 0 saturated heterocycles. The monoisotopic (exact) mass is 335 g/mol. The second-order valence-electron chi connectivity index (χ2n) is 4.04. The number of halogens is 4. The highest BCUT2D eigenvalue weighted by Gasteiger charge is 2.27. The van der Waals surface area contributed by atoms with Crippen molar-refractivity contribution in [3.63, 3.8) is 0 Å². The zero-order chi connectivity index (χ0) is 16.2. The molecule has 0 unspecified atom stereocenters. The molecule has 0 spiro atoms. The lowest BCUT2D eigenvalue weighted by molar-refractivity contribution is -0.139. The van der Waals surface area contributed by atoms with Gasteiger partial charge in [-0.1, -0.05) is 28.9 Å². The molecule has 1 aromatic heterocycles. The molecule has 0 atom stereocenters. The first kappa shape index (κ1) is 16.1. The van der Waals surface area contributed by atoms with Crippen molar-refractivity contribution >= 4 is 17.5 Å². The Balaban J connectivity index is 1.90. The zero-order valence-electron chi connectivity index (χ0n) is 10.9. The van der Waals surface area contributed by atoms with Gasteiger partial charge in [0.25, 0.3) is 5.91 Å². The number of alkyl halides is 3. The van der Waals surface area contributed by atoms with Crippen LogP contribution in [0, 0.1) is 0 Å². The van der Waals surface area contributed by atoms with Crippen LogP contribution in [0.4, 0.5) is 13.2 Å². The highest BCUT2D eigenvalue weighted by atomic mass is 35.5. The maximum atomic E-state index is 11.9. The molecule has 118 valence electrons. The lowest BCUT2D eigenvalue weighted by Crippen LogP contribution is -2.36. The number of rotatable bonds is 5. The average molecular weight is 336 g/mol. The van der Waals surface area contributed by atoms with Gasteiger partial charge in [0.05, 0.1) is 5.02 Å². The topological polar surface area (TPSA) is 77.2 Å². The van der Waals surface area contributed by atoms with E-state index in [1.165, 1.54) is 0 Å². The fourth-order valence-corrected chi connectivity index (χ4v) is 1.62. The van der Waals surface area contributed by atoms with Gasteiger partial charge in [-0.05, 0) is 12.1 Å². The summed E-state index contributed by atoms with van der Waals surface area (Å²) in [7, 11) is 0. The fraction of sp³-hybridized carbons (Fsp3) is 0.250. The molecule has 0 fully saturated rings. The van der Waals surface area contributed by atoms with Gasteiger partial charge >= 0.3 is 12.3 Å². The van der Waals surface area contributed by atoms with Crippen molar-refractivity contribution in [1.82, 2.24) is 15.5 Å². The maximum absolute atomic E-state index is 11.9. The number of hydrogen-bond acceptors (Lipinski definition) is 5. The zero-order valence-corrected chi connectivity index (χ0v) is 11.6. The average Bonchev–Trinajstić information content (AvgIpc) is 2.91. The summed E-state index contributed by atoms with van der Waals surface area (Å²) in [5, 5.41) is 5.63. The predicted octanol–water partition coefficient (Wildman–Crippen LogP) is 2.45. The van der Waals surface area contributed by atoms with Gasteiger partial charge in [-0.2, -0.15) is 18.2 Å². The smallest absolute Gasteiger partial charge is 0.418 e. The summed E-state index contributed by atoms with van der Waals surface area (Å²) in [4.78, 5) is 15.0. The summed E-state index contributed by atoms with van der Waals surface area (Å²) in [6.07, 6.45) is -4.84. The highest BCUT2D eigenvalue weighted by molar-refractivity contribution is 6.33. The third-order valence-corrected chi connectivity index (χ3v) is 2.66. The molecule has 2 rings (SSSR count). The Morgan fingerprint density at radius 2 is 2.09 bits per heavy atom. The minimum absolute atomic E-state index is 0.135. The Hall–Kier alpha value is -2.29. The van der Waals surface area contributed by atoms with Crippen LogP contribution in [-0.4, -0.2) is 35.4 Å². The van der Waals surface area contributed by atoms with E-state index in [4.69, 9.17) is 20.9 Å². The molecule has 0 aliphatic rings. The molecule has 2 aromatic rings. The van der Waals surface area contributed by atoms with Crippen LogP contribution in [0.3, 0.4) is 0 Å². The van der Waals surface area contributed by atoms with Gasteiger partial charge in [-0.15, -0.1) is 0 Å². The molecule has 0 saturated carbocycles. The van der Waals surface area contributed by atoms with Crippen molar-refractivity contribution in [2.24, 2.45) is 0 Å². The third kappa shape index (κ3) is 4.62. The molecule has 0 aliphatic carbocycles. The van der Waals surface area contributed by atoms with Crippen LogP contribution < -0.4 is 10.1 Å². The lowest BCUT2D eigenvalue weighted by atomic mass is 10.2. The molecule has 1 heterocycles. The van der Waals surface area contributed by atoms with Crippen LogP contribution in [0.15, 0.2) is 28.8 Å². The first-order valence-electron chi connectivity index (χ1n) is 5.90. The van der Waals surface area contributed by atoms with Gasteiger partial charge in [0.1, 0.15) is 6.54 Å². The standard InChI is InChI=1S/C12H9ClF3N3O3/c13-8-4-2-1-3-7(8)10-18-11(22-19-10)21-5-9(20)17-6-12(14,15)16/h1-4H,5-6H2,(H,17,20). The highest BCUT2D eigenvalue weighted by Crippen LogP contribution is 2.26. The van der Waals surface area contributed by atoms with Crippen molar-refractivity contribution in [2.75, 3.05) is 13.2 Å². The first-order valence-corrected chi connectivity index (χ1v) is 6.28. The summed E-state index contributed by atoms with van der Waals surface area (Å²) in [6, 6.07) is 6.70. The molecular weight excluding hydrogens is 327 g/mol. The Morgan fingerprint density at radius 3 is 2.77 bits per heavy atom. The van der Waals surface area contributed by atoms with E-state index < -0.39 is 25.2 Å². The summed E-state index contributed by atoms with van der Waals surface area (Å²) in [5.41, 5.74) is 0.490. The molecule has 1 N–H and O–H groups in total. The second kappa shape index (κ2) is 6.65.